The van der Waals surface area contributed by atoms with Crippen LogP contribution in [0.25, 0.3) is 0 Å². The topological polar surface area (TPSA) is 67.5 Å². The maximum atomic E-state index is 8.98. The summed E-state index contributed by atoms with van der Waals surface area (Å²) in [6.07, 6.45) is 0. The molecule has 0 atom stereocenters. The van der Waals surface area contributed by atoms with Crippen LogP contribution in [0, 0.1) is 0 Å². The van der Waals surface area contributed by atoms with Crippen molar-refractivity contribution < 1.29 is 9.84 Å². The zero-order valence-electron chi connectivity index (χ0n) is 10.9. The van der Waals surface area contributed by atoms with E-state index in [1.165, 1.54) is 0 Å². The van der Waals surface area contributed by atoms with Crippen LogP contribution < -0.4 is 15.8 Å². The van der Waals surface area contributed by atoms with Gasteiger partial charge in [0.2, 0.25) is 0 Å². The summed E-state index contributed by atoms with van der Waals surface area (Å²) in [6.45, 7) is 0.736. The average Bonchev–Trinajstić information content (AvgIpc) is 2.47. The number of ether oxygens (including phenoxy) is 1. The van der Waals surface area contributed by atoms with Crippen molar-refractivity contribution in [3.63, 3.8) is 0 Å². The van der Waals surface area contributed by atoms with Gasteiger partial charge in [-0.2, -0.15) is 0 Å². The number of benzene rings is 2. The van der Waals surface area contributed by atoms with Crippen molar-refractivity contribution in [3.05, 3.63) is 53.6 Å². The molecular weight excluding hydrogens is 240 g/mol. The second kappa shape index (κ2) is 6.11. The Bertz CT molecular complexity index is 538. The maximum Gasteiger partial charge on any atom is 0.143 e. The van der Waals surface area contributed by atoms with Crippen molar-refractivity contribution in [2.45, 2.75) is 13.2 Å². The predicted octanol–water partition coefficient (Wildman–Crippen LogP) is 2.38. The number of anilines is 2. The first-order chi connectivity index (χ1) is 9.24. The molecule has 0 saturated heterocycles. The van der Waals surface area contributed by atoms with Crippen molar-refractivity contribution in [1.29, 1.82) is 0 Å². The van der Waals surface area contributed by atoms with E-state index >= 15 is 0 Å². The Morgan fingerprint density at radius 2 is 1.79 bits per heavy atom. The second-order valence-electron chi connectivity index (χ2n) is 4.25. The number of para-hydroxylation sites is 1. The molecule has 2 aromatic carbocycles. The Balaban J connectivity index is 2.05. The van der Waals surface area contributed by atoms with Crippen molar-refractivity contribution >= 4 is 11.4 Å². The molecule has 4 heteroatoms. The number of aliphatic hydroxyl groups is 1. The van der Waals surface area contributed by atoms with Crippen LogP contribution in [0.15, 0.2) is 42.5 Å². The Hall–Kier alpha value is -2.20. The molecule has 0 heterocycles. The highest BCUT2D eigenvalue weighted by molar-refractivity contribution is 5.72. The van der Waals surface area contributed by atoms with Gasteiger partial charge in [0.25, 0.3) is 0 Å². The van der Waals surface area contributed by atoms with Crippen molar-refractivity contribution in [1.82, 2.24) is 0 Å². The molecule has 0 aliphatic heterocycles. The molecule has 100 valence electrons. The number of nitrogens with one attached hydrogen (secondary N) is 1. The normalized spacial score (nSPS) is 10.2. The van der Waals surface area contributed by atoms with E-state index in [1.807, 2.05) is 42.5 Å². The summed E-state index contributed by atoms with van der Waals surface area (Å²) >= 11 is 0. The lowest BCUT2D eigenvalue weighted by atomic mass is 10.1. The first kappa shape index (κ1) is 13.2. The van der Waals surface area contributed by atoms with Crippen molar-refractivity contribution in [3.8, 4) is 5.75 Å². The summed E-state index contributed by atoms with van der Waals surface area (Å²) in [4.78, 5) is 0. The standard InChI is InChI=1S/C15H18N2O2/c1-19-14-4-2-3-13(15(14)16)17-9-11-5-7-12(10-18)8-6-11/h2-8,17-18H,9-10,16H2,1H3. The maximum absolute atomic E-state index is 8.98. The fraction of sp³-hybridized carbons (Fsp3) is 0.200. The zero-order chi connectivity index (χ0) is 13.7. The summed E-state index contributed by atoms with van der Waals surface area (Å²) in [6, 6.07) is 13.4. The van der Waals surface area contributed by atoms with E-state index in [-0.39, 0.29) is 6.61 Å². The number of rotatable bonds is 5. The fourth-order valence-electron chi connectivity index (χ4n) is 1.84. The first-order valence-electron chi connectivity index (χ1n) is 6.09. The van der Waals surface area contributed by atoms with Gasteiger partial charge >= 0.3 is 0 Å². The minimum absolute atomic E-state index is 0.0660. The number of nitrogen functional groups attached to an aromatic ring is 1. The highest BCUT2D eigenvalue weighted by atomic mass is 16.5. The van der Waals surface area contributed by atoms with Gasteiger partial charge in [0.15, 0.2) is 0 Å². The van der Waals surface area contributed by atoms with Crippen LogP contribution in [-0.2, 0) is 13.2 Å². The zero-order valence-corrected chi connectivity index (χ0v) is 10.9. The SMILES string of the molecule is COc1cccc(NCc2ccc(CO)cc2)c1N. The molecule has 4 N–H and O–H groups in total. The lowest BCUT2D eigenvalue weighted by Gasteiger charge is -2.12. The minimum Gasteiger partial charge on any atom is -0.495 e. The summed E-state index contributed by atoms with van der Waals surface area (Å²) in [7, 11) is 1.60. The monoisotopic (exact) mass is 258 g/mol. The van der Waals surface area contributed by atoms with Gasteiger partial charge in [-0.05, 0) is 23.3 Å². The second-order valence-corrected chi connectivity index (χ2v) is 4.25. The van der Waals surface area contributed by atoms with Gasteiger partial charge in [-0.25, -0.2) is 0 Å². The number of hydrogen-bond acceptors (Lipinski definition) is 4. The Morgan fingerprint density at radius 1 is 1.11 bits per heavy atom. The Morgan fingerprint density at radius 3 is 2.42 bits per heavy atom. The number of hydrogen-bond donors (Lipinski definition) is 3. The van der Waals surface area contributed by atoms with E-state index in [4.69, 9.17) is 15.6 Å². The molecule has 0 amide bonds. The van der Waals surface area contributed by atoms with Crippen LogP contribution >= 0.6 is 0 Å². The highest BCUT2D eigenvalue weighted by Crippen LogP contribution is 2.29. The molecule has 0 fully saturated rings. The summed E-state index contributed by atoms with van der Waals surface area (Å²) < 4.78 is 5.18. The smallest absolute Gasteiger partial charge is 0.143 e. The molecule has 0 radical (unpaired) electrons. The third kappa shape index (κ3) is 3.17. The molecule has 0 aromatic heterocycles. The Kier molecular flexibility index (Phi) is 4.26. The van der Waals surface area contributed by atoms with Crippen LogP contribution in [0.4, 0.5) is 11.4 Å². The molecule has 0 aliphatic rings. The molecule has 0 aliphatic carbocycles. The van der Waals surface area contributed by atoms with Gasteiger partial charge in [0.1, 0.15) is 5.75 Å². The van der Waals surface area contributed by atoms with E-state index in [9.17, 15) is 0 Å². The summed E-state index contributed by atoms with van der Waals surface area (Å²) in [5.74, 6) is 0.667. The molecule has 0 bridgehead atoms. The minimum atomic E-state index is 0.0660. The van der Waals surface area contributed by atoms with E-state index in [0.29, 0.717) is 18.0 Å². The fourth-order valence-corrected chi connectivity index (χ4v) is 1.84. The average molecular weight is 258 g/mol. The number of methoxy groups -OCH3 is 1. The van der Waals surface area contributed by atoms with Crippen LogP contribution in [0.5, 0.6) is 5.75 Å². The number of nitrogens with two attached hydrogens (primary N) is 1. The van der Waals surface area contributed by atoms with Gasteiger partial charge < -0.3 is 20.9 Å². The van der Waals surface area contributed by atoms with Crippen LogP contribution in [0.3, 0.4) is 0 Å². The molecule has 2 aromatic rings. The molecule has 0 saturated carbocycles. The quantitative estimate of drug-likeness (QED) is 0.720. The molecular formula is C15H18N2O2. The van der Waals surface area contributed by atoms with E-state index in [0.717, 1.165) is 16.8 Å². The van der Waals surface area contributed by atoms with Crippen LogP contribution in [0.2, 0.25) is 0 Å². The van der Waals surface area contributed by atoms with E-state index in [1.54, 1.807) is 7.11 Å². The lowest BCUT2D eigenvalue weighted by Crippen LogP contribution is -2.03. The van der Waals surface area contributed by atoms with Gasteiger partial charge in [-0.3, -0.25) is 0 Å². The summed E-state index contributed by atoms with van der Waals surface area (Å²) in [5, 5.41) is 12.3. The third-order valence-corrected chi connectivity index (χ3v) is 2.97. The summed E-state index contributed by atoms with van der Waals surface area (Å²) in [5.41, 5.74) is 9.48. The Labute approximate surface area is 112 Å². The highest BCUT2D eigenvalue weighted by Gasteiger charge is 2.04. The molecule has 0 unspecified atom stereocenters. The van der Waals surface area contributed by atoms with E-state index in [2.05, 4.69) is 5.32 Å². The predicted molar refractivity (Wildman–Crippen MR) is 77.1 cm³/mol. The first-order valence-corrected chi connectivity index (χ1v) is 6.09. The van der Waals surface area contributed by atoms with E-state index < -0.39 is 0 Å². The largest absolute Gasteiger partial charge is 0.495 e. The molecule has 2 rings (SSSR count). The van der Waals surface area contributed by atoms with Crippen molar-refractivity contribution in [2.24, 2.45) is 0 Å². The van der Waals surface area contributed by atoms with Gasteiger partial charge in [-0.1, -0.05) is 30.3 Å². The van der Waals surface area contributed by atoms with Crippen LogP contribution in [0.1, 0.15) is 11.1 Å². The molecule has 0 spiro atoms. The van der Waals surface area contributed by atoms with Gasteiger partial charge in [0, 0.05) is 6.54 Å². The van der Waals surface area contributed by atoms with Gasteiger partial charge in [-0.15, -0.1) is 0 Å². The molecule has 4 nitrogen and oxygen atoms in total. The van der Waals surface area contributed by atoms with Crippen LogP contribution in [-0.4, -0.2) is 12.2 Å². The molecule has 19 heavy (non-hydrogen) atoms. The number of aliphatic hydroxyl groups excluding tert-OH is 1. The lowest BCUT2D eigenvalue weighted by molar-refractivity contribution is 0.282. The third-order valence-electron chi connectivity index (χ3n) is 2.97. The van der Waals surface area contributed by atoms with Crippen molar-refractivity contribution in [2.75, 3.05) is 18.2 Å². The van der Waals surface area contributed by atoms with Gasteiger partial charge in [0.05, 0.1) is 25.1 Å².